The molecule has 5 rings (SSSR count). The maximum absolute atomic E-state index is 13.0. The molecule has 2 aliphatic rings. The number of aromatic nitrogens is 3. The Morgan fingerprint density at radius 3 is 2.87 bits per heavy atom. The number of fused-ring (bicyclic) bond motifs is 2. The van der Waals surface area contributed by atoms with Crippen LogP contribution >= 0.6 is 24.8 Å². The fraction of sp³-hybridized carbons (Fsp3) is 0.409. The first-order chi connectivity index (χ1) is 14.2. The third-order valence-corrected chi connectivity index (χ3v) is 6.05. The Balaban J connectivity index is 0.00000136. The van der Waals surface area contributed by atoms with Crippen LogP contribution in [0.15, 0.2) is 42.7 Å². The maximum Gasteiger partial charge on any atom is 0.274 e. The molecule has 1 fully saturated rings. The van der Waals surface area contributed by atoms with E-state index in [1.54, 1.807) is 4.90 Å². The minimum absolute atomic E-state index is 0. The molecule has 0 bridgehead atoms. The molecule has 3 aromatic rings. The van der Waals surface area contributed by atoms with Crippen molar-refractivity contribution in [2.75, 3.05) is 26.2 Å². The van der Waals surface area contributed by atoms with E-state index >= 15 is 0 Å². The zero-order valence-corrected chi connectivity index (χ0v) is 18.7. The van der Waals surface area contributed by atoms with Crippen LogP contribution in [-0.2, 0) is 19.4 Å². The standard InChI is InChI=1S/C22H25N5O2.2ClH/c28-20-14-27(22(29)19-13-26-10-9-23-7-6-21(26)25-19)12-16(20)11-15-5-8-24-18-4-2-1-3-17(15)18;;/h1-5,8,13,16,20,23,28H,6-7,9-12,14H2;2*1H/t16-,20+;;/m1../s1. The van der Waals surface area contributed by atoms with Crippen molar-refractivity contribution in [2.45, 2.75) is 25.5 Å². The quantitative estimate of drug-likeness (QED) is 0.621. The molecule has 2 aromatic heterocycles. The number of aliphatic hydroxyl groups excluding tert-OH is 1. The summed E-state index contributed by atoms with van der Waals surface area (Å²) in [5, 5.41) is 15.1. The molecule has 1 aromatic carbocycles. The van der Waals surface area contributed by atoms with E-state index in [4.69, 9.17) is 0 Å². The van der Waals surface area contributed by atoms with E-state index in [0.717, 1.165) is 54.8 Å². The zero-order valence-electron chi connectivity index (χ0n) is 17.1. The molecule has 1 saturated heterocycles. The molecule has 0 saturated carbocycles. The molecule has 7 nitrogen and oxygen atoms in total. The average molecular weight is 464 g/mol. The van der Waals surface area contributed by atoms with Gasteiger partial charge in [0.15, 0.2) is 0 Å². The number of hydrogen-bond acceptors (Lipinski definition) is 5. The fourth-order valence-electron chi connectivity index (χ4n) is 4.47. The summed E-state index contributed by atoms with van der Waals surface area (Å²) < 4.78 is 2.07. The largest absolute Gasteiger partial charge is 0.391 e. The highest BCUT2D eigenvalue weighted by Gasteiger charge is 2.35. The number of carbonyl (C=O) groups excluding carboxylic acids is 1. The fourth-order valence-corrected chi connectivity index (χ4v) is 4.47. The van der Waals surface area contributed by atoms with Gasteiger partial charge in [-0.15, -0.1) is 24.8 Å². The van der Waals surface area contributed by atoms with Gasteiger partial charge in [-0.05, 0) is 24.1 Å². The highest BCUT2D eigenvalue weighted by molar-refractivity contribution is 5.92. The molecular formula is C22H27Cl2N5O2. The van der Waals surface area contributed by atoms with Crippen LogP contribution in [-0.4, -0.2) is 62.7 Å². The Hall–Kier alpha value is -2.19. The lowest BCUT2D eigenvalue weighted by Gasteiger charge is -2.15. The van der Waals surface area contributed by atoms with Gasteiger partial charge in [-0.25, -0.2) is 4.98 Å². The number of rotatable bonds is 3. The zero-order chi connectivity index (χ0) is 19.8. The summed E-state index contributed by atoms with van der Waals surface area (Å²) in [6, 6.07) is 10.1. The molecule has 2 atom stereocenters. The van der Waals surface area contributed by atoms with E-state index in [1.165, 1.54) is 0 Å². The SMILES string of the molecule is Cl.Cl.O=C(c1cn2c(n1)CCNCC2)N1C[C@@H](Cc2ccnc3ccccc23)[C@@H](O)C1. The van der Waals surface area contributed by atoms with Crippen molar-refractivity contribution in [2.24, 2.45) is 5.92 Å². The van der Waals surface area contributed by atoms with Crippen LogP contribution in [0.4, 0.5) is 0 Å². The van der Waals surface area contributed by atoms with E-state index in [2.05, 4.69) is 25.9 Å². The number of pyridine rings is 1. The van der Waals surface area contributed by atoms with Gasteiger partial charge in [0, 0.05) is 62.8 Å². The van der Waals surface area contributed by atoms with Crippen LogP contribution in [0.2, 0.25) is 0 Å². The number of para-hydroxylation sites is 1. The smallest absolute Gasteiger partial charge is 0.274 e. The molecule has 0 spiro atoms. The number of β-amino-alcohol motifs (C(OH)–C–C–N with tert-alkyl or cyclic N) is 1. The normalized spacial score (nSPS) is 20.5. The van der Waals surface area contributed by atoms with Crippen molar-refractivity contribution in [1.29, 1.82) is 0 Å². The summed E-state index contributed by atoms with van der Waals surface area (Å²) in [6.07, 6.45) is 4.69. The first-order valence-electron chi connectivity index (χ1n) is 10.3. The molecule has 31 heavy (non-hydrogen) atoms. The number of nitrogens with one attached hydrogen (secondary N) is 1. The third-order valence-electron chi connectivity index (χ3n) is 6.05. The number of imidazole rings is 1. The van der Waals surface area contributed by atoms with Crippen LogP contribution in [0.25, 0.3) is 10.9 Å². The summed E-state index contributed by atoms with van der Waals surface area (Å²) in [5.74, 6) is 0.881. The summed E-state index contributed by atoms with van der Waals surface area (Å²) in [5.41, 5.74) is 2.61. The molecule has 2 aliphatic heterocycles. The number of hydrogen-bond donors (Lipinski definition) is 2. The van der Waals surface area contributed by atoms with Gasteiger partial charge in [0.2, 0.25) is 0 Å². The summed E-state index contributed by atoms with van der Waals surface area (Å²) in [7, 11) is 0. The number of nitrogens with zero attached hydrogens (tertiary/aromatic N) is 4. The van der Waals surface area contributed by atoms with Gasteiger partial charge in [0.25, 0.3) is 5.91 Å². The second-order valence-electron chi connectivity index (χ2n) is 7.96. The summed E-state index contributed by atoms with van der Waals surface area (Å²) >= 11 is 0. The molecule has 2 N–H and O–H groups in total. The lowest BCUT2D eigenvalue weighted by Crippen LogP contribution is -2.30. The van der Waals surface area contributed by atoms with E-state index in [0.29, 0.717) is 18.8 Å². The van der Waals surface area contributed by atoms with Gasteiger partial charge in [-0.3, -0.25) is 9.78 Å². The Labute approximate surface area is 193 Å². The van der Waals surface area contributed by atoms with Gasteiger partial charge < -0.3 is 19.9 Å². The van der Waals surface area contributed by atoms with Crippen molar-refractivity contribution in [1.82, 2.24) is 24.8 Å². The predicted molar refractivity (Wildman–Crippen MR) is 124 cm³/mol. The van der Waals surface area contributed by atoms with Gasteiger partial charge in [-0.1, -0.05) is 18.2 Å². The first-order valence-corrected chi connectivity index (χ1v) is 10.3. The number of halogens is 2. The predicted octanol–water partition coefficient (Wildman–Crippen LogP) is 2.10. The Morgan fingerprint density at radius 2 is 2.00 bits per heavy atom. The molecule has 0 unspecified atom stereocenters. The lowest BCUT2D eigenvalue weighted by atomic mass is 9.94. The number of benzene rings is 1. The summed E-state index contributed by atoms with van der Waals surface area (Å²) in [4.78, 5) is 23.8. The van der Waals surface area contributed by atoms with Crippen LogP contribution < -0.4 is 5.32 Å². The Morgan fingerprint density at radius 1 is 1.16 bits per heavy atom. The molecule has 0 radical (unpaired) electrons. The first kappa shape index (κ1) is 23.5. The highest BCUT2D eigenvalue weighted by atomic mass is 35.5. The number of carbonyl (C=O) groups is 1. The van der Waals surface area contributed by atoms with Crippen LogP contribution in [0, 0.1) is 5.92 Å². The number of amides is 1. The van der Waals surface area contributed by atoms with Crippen molar-refractivity contribution in [3.05, 3.63) is 59.8 Å². The Kier molecular flexibility index (Phi) is 7.54. The molecular weight excluding hydrogens is 437 g/mol. The van der Waals surface area contributed by atoms with Crippen LogP contribution in [0.3, 0.4) is 0 Å². The maximum atomic E-state index is 13.0. The van der Waals surface area contributed by atoms with E-state index < -0.39 is 6.10 Å². The number of likely N-dealkylation sites (tertiary alicyclic amines) is 1. The second kappa shape index (κ2) is 9.96. The molecule has 166 valence electrons. The van der Waals surface area contributed by atoms with Crippen molar-refractivity contribution >= 4 is 41.6 Å². The third kappa shape index (κ3) is 4.70. The van der Waals surface area contributed by atoms with Crippen LogP contribution in [0.1, 0.15) is 21.9 Å². The van der Waals surface area contributed by atoms with Gasteiger partial charge >= 0.3 is 0 Å². The molecule has 4 heterocycles. The van der Waals surface area contributed by atoms with Gasteiger partial charge in [0.1, 0.15) is 11.5 Å². The monoisotopic (exact) mass is 463 g/mol. The average Bonchev–Trinajstić information content (AvgIpc) is 3.24. The van der Waals surface area contributed by atoms with E-state index in [9.17, 15) is 9.90 Å². The molecule has 1 amide bonds. The summed E-state index contributed by atoms with van der Waals surface area (Å²) in [6.45, 7) is 3.50. The van der Waals surface area contributed by atoms with Gasteiger partial charge in [-0.2, -0.15) is 0 Å². The molecule has 9 heteroatoms. The minimum atomic E-state index is -0.532. The topological polar surface area (TPSA) is 83.3 Å². The van der Waals surface area contributed by atoms with Crippen molar-refractivity contribution < 1.29 is 9.90 Å². The number of aliphatic hydroxyl groups is 1. The minimum Gasteiger partial charge on any atom is -0.391 e. The highest BCUT2D eigenvalue weighted by Crippen LogP contribution is 2.26. The molecule has 0 aliphatic carbocycles. The lowest BCUT2D eigenvalue weighted by molar-refractivity contribution is 0.0759. The van der Waals surface area contributed by atoms with Crippen molar-refractivity contribution in [3.8, 4) is 0 Å². The van der Waals surface area contributed by atoms with Gasteiger partial charge in [0.05, 0.1) is 11.6 Å². The second-order valence-corrected chi connectivity index (χ2v) is 7.96. The Bertz CT molecular complexity index is 1030. The van der Waals surface area contributed by atoms with Crippen LogP contribution in [0.5, 0.6) is 0 Å². The van der Waals surface area contributed by atoms with E-state index in [1.807, 2.05) is 36.7 Å². The van der Waals surface area contributed by atoms with E-state index in [-0.39, 0.29) is 36.6 Å². The van der Waals surface area contributed by atoms with Crippen molar-refractivity contribution in [3.63, 3.8) is 0 Å².